The van der Waals surface area contributed by atoms with Gasteiger partial charge in [-0.1, -0.05) is 19.3 Å². The lowest BCUT2D eigenvalue weighted by atomic mass is 9.83. The Morgan fingerprint density at radius 1 is 1.35 bits per heavy atom. The molecule has 20 heavy (non-hydrogen) atoms. The highest BCUT2D eigenvalue weighted by Crippen LogP contribution is 2.29. The molecule has 1 aromatic heterocycles. The molecule has 112 valence electrons. The maximum absolute atomic E-state index is 12.6. The summed E-state index contributed by atoms with van der Waals surface area (Å²) in [5.74, 6) is 0.630. The molecule has 0 saturated heterocycles. The maximum Gasteiger partial charge on any atom is 0.168 e. The number of hydrogen-bond acceptors (Lipinski definition) is 4. The highest BCUT2D eigenvalue weighted by Gasteiger charge is 2.30. The first kappa shape index (κ1) is 15.6. The van der Waals surface area contributed by atoms with Crippen LogP contribution < -0.4 is 0 Å². The highest BCUT2D eigenvalue weighted by molar-refractivity contribution is 7.11. The largest absolute Gasteiger partial charge is 0.370 e. The number of ether oxygens (including phenoxy) is 1. The predicted octanol–water partition coefficient (Wildman–Crippen LogP) is 3.86. The molecule has 0 N–H and O–H groups in total. The Hall–Kier alpha value is -0.740. The van der Waals surface area contributed by atoms with Gasteiger partial charge in [0.05, 0.1) is 12.1 Å². The van der Waals surface area contributed by atoms with E-state index in [4.69, 9.17) is 4.74 Å². The molecule has 1 unspecified atom stereocenters. The first-order valence-corrected chi connectivity index (χ1v) is 8.50. The van der Waals surface area contributed by atoms with Crippen molar-refractivity contribution in [1.82, 2.24) is 4.98 Å². The summed E-state index contributed by atoms with van der Waals surface area (Å²) >= 11 is 1.64. The lowest BCUT2D eigenvalue weighted by molar-refractivity contribution is -0.134. The van der Waals surface area contributed by atoms with Crippen molar-refractivity contribution in [2.24, 2.45) is 5.92 Å². The summed E-state index contributed by atoms with van der Waals surface area (Å²) in [6.45, 7) is 6.65. The van der Waals surface area contributed by atoms with Gasteiger partial charge in [-0.3, -0.25) is 4.79 Å². The predicted molar refractivity (Wildman–Crippen MR) is 82.3 cm³/mol. The molecule has 0 radical (unpaired) electrons. The Morgan fingerprint density at radius 3 is 2.60 bits per heavy atom. The molecule has 4 heteroatoms. The van der Waals surface area contributed by atoms with Crippen LogP contribution in [0.1, 0.15) is 54.6 Å². The van der Waals surface area contributed by atoms with E-state index >= 15 is 0 Å². The van der Waals surface area contributed by atoms with Gasteiger partial charge in [0.15, 0.2) is 5.78 Å². The quantitative estimate of drug-likeness (QED) is 0.800. The van der Waals surface area contributed by atoms with Gasteiger partial charge in [-0.25, -0.2) is 4.98 Å². The zero-order chi connectivity index (χ0) is 14.5. The lowest BCUT2D eigenvalue weighted by Gasteiger charge is -2.28. The van der Waals surface area contributed by atoms with Gasteiger partial charge < -0.3 is 4.74 Å². The Bertz CT molecular complexity index is 430. The number of thiazole rings is 1. The third kappa shape index (κ3) is 3.89. The molecular weight excluding hydrogens is 270 g/mol. The lowest BCUT2D eigenvalue weighted by Crippen LogP contribution is -2.35. The third-order valence-electron chi connectivity index (χ3n) is 4.14. The van der Waals surface area contributed by atoms with Gasteiger partial charge in [0, 0.05) is 11.5 Å². The molecule has 1 atom stereocenters. The van der Waals surface area contributed by atoms with E-state index in [-0.39, 0.29) is 11.9 Å². The van der Waals surface area contributed by atoms with E-state index in [0.29, 0.717) is 18.9 Å². The molecule has 1 aliphatic rings. The van der Waals surface area contributed by atoms with Crippen LogP contribution in [-0.4, -0.2) is 23.5 Å². The van der Waals surface area contributed by atoms with Crippen molar-refractivity contribution < 1.29 is 9.53 Å². The summed E-state index contributed by atoms with van der Waals surface area (Å²) < 4.78 is 5.78. The number of ketones is 1. The fraction of sp³-hybridized carbons (Fsp3) is 0.750. The molecule has 1 aromatic rings. The molecular formula is C16H25NO2S. The molecule has 1 heterocycles. The second kappa shape index (κ2) is 7.32. The van der Waals surface area contributed by atoms with Gasteiger partial charge >= 0.3 is 0 Å². The van der Waals surface area contributed by atoms with Crippen LogP contribution in [0.3, 0.4) is 0 Å². The highest BCUT2D eigenvalue weighted by atomic mass is 32.1. The molecule has 0 bridgehead atoms. The zero-order valence-corrected chi connectivity index (χ0v) is 13.6. The Balaban J connectivity index is 2.02. The van der Waals surface area contributed by atoms with E-state index < -0.39 is 0 Å². The molecule has 1 saturated carbocycles. The van der Waals surface area contributed by atoms with E-state index in [1.54, 1.807) is 11.3 Å². The SMILES string of the molecule is CCOC(C(=O)Cc1nc(C)c(C)s1)C1CCCCC1. The zero-order valence-electron chi connectivity index (χ0n) is 12.8. The van der Waals surface area contributed by atoms with Crippen molar-refractivity contribution in [3.05, 3.63) is 15.6 Å². The minimum atomic E-state index is -0.218. The summed E-state index contributed by atoms with van der Waals surface area (Å²) in [4.78, 5) is 18.3. The molecule has 2 rings (SSSR count). The van der Waals surface area contributed by atoms with Crippen LogP contribution in [0.5, 0.6) is 0 Å². The van der Waals surface area contributed by atoms with Crippen LogP contribution in [0.25, 0.3) is 0 Å². The van der Waals surface area contributed by atoms with Gasteiger partial charge in [0.2, 0.25) is 0 Å². The number of carbonyl (C=O) groups excluding carboxylic acids is 1. The normalized spacial score (nSPS) is 18.1. The van der Waals surface area contributed by atoms with Crippen molar-refractivity contribution in [1.29, 1.82) is 0 Å². The smallest absolute Gasteiger partial charge is 0.168 e. The number of aryl methyl sites for hydroxylation is 2. The van der Waals surface area contributed by atoms with E-state index in [1.165, 1.54) is 24.1 Å². The first-order valence-electron chi connectivity index (χ1n) is 7.69. The van der Waals surface area contributed by atoms with Crippen LogP contribution in [0.4, 0.5) is 0 Å². The standard InChI is InChI=1S/C16H25NO2S/c1-4-19-16(13-8-6-5-7-9-13)14(18)10-15-17-11(2)12(3)20-15/h13,16H,4-10H2,1-3H3. The molecule has 3 nitrogen and oxygen atoms in total. The van der Waals surface area contributed by atoms with Crippen molar-refractivity contribution in [2.75, 3.05) is 6.61 Å². The first-order chi connectivity index (χ1) is 9.61. The topological polar surface area (TPSA) is 39.2 Å². The van der Waals surface area contributed by atoms with Crippen LogP contribution in [0.15, 0.2) is 0 Å². The number of rotatable bonds is 6. The second-order valence-electron chi connectivity index (χ2n) is 5.67. The summed E-state index contributed by atoms with van der Waals surface area (Å²) in [6, 6.07) is 0. The number of nitrogens with zero attached hydrogens (tertiary/aromatic N) is 1. The summed E-state index contributed by atoms with van der Waals surface area (Å²) in [5.41, 5.74) is 1.04. The van der Waals surface area contributed by atoms with Gasteiger partial charge in [0.25, 0.3) is 0 Å². The average Bonchev–Trinajstić information content (AvgIpc) is 2.75. The van der Waals surface area contributed by atoms with Crippen LogP contribution in [0.2, 0.25) is 0 Å². The fourth-order valence-corrected chi connectivity index (χ4v) is 3.92. The van der Waals surface area contributed by atoms with E-state index in [9.17, 15) is 4.79 Å². The van der Waals surface area contributed by atoms with E-state index in [0.717, 1.165) is 23.5 Å². The molecule has 0 spiro atoms. The van der Waals surface area contributed by atoms with Gasteiger partial charge in [-0.15, -0.1) is 11.3 Å². The van der Waals surface area contributed by atoms with Crippen LogP contribution in [-0.2, 0) is 16.0 Å². The monoisotopic (exact) mass is 295 g/mol. The Morgan fingerprint density at radius 2 is 2.05 bits per heavy atom. The van der Waals surface area contributed by atoms with E-state index in [1.807, 2.05) is 13.8 Å². The van der Waals surface area contributed by atoms with Crippen molar-refractivity contribution in [2.45, 2.75) is 65.4 Å². The number of Topliss-reactive ketones (excluding diaryl/α,β-unsaturated/α-hetero) is 1. The second-order valence-corrected chi connectivity index (χ2v) is 6.95. The van der Waals surface area contributed by atoms with Crippen molar-refractivity contribution in [3.63, 3.8) is 0 Å². The molecule has 1 aliphatic carbocycles. The third-order valence-corrected chi connectivity index (χ3v) is 5.21. The van der Waals surface area contributed by atoms with Gasteiger partial charge in [0.1, 0.15) is 11.1 Å². The Kier molecular flexibility index (Phi) is 5.73. The minimum absolute atomic E-state index is 0.215. The maximum atomic E-state index is 12.6. The van der Waals surface area contributed by atoms with Crippen molar-refractivity contribution >= 4 is 17.1 Å². The molecule has 0 aliphatic heterocycles. The van der Waals surface area contributed by atoms with Crippen LogP contribution >= 0.6 is 11.3 Å². The number of carbonyl (C=O) groups is 1. The Labute approximate surface area is 125 Å². The van der Waals surface area contributed by atoms with Gasteiger partial charge in [-0.2, -0.15) is 0 Å². The number of aromatic nitrogens is 1. The molecule has 1 fully saturated rings. The van der Waals surface area contributed by atoms with Crippen molar-refractivity contribution in [3.8, 4) is 0 Å². The summed E-state index contributed by atoms with van der Waals surface area (Å²) in [6.07, 6.45) is 6.24. The summed E-state index contributed by atoms with van der Waals surface area (Å²) in [7, 11) is 0. The van der Waals surface area contributed by atoms with Crippen LogP contribution in [0, 0.1) is 19.8 Å². The fourth-order valence-electron chi connectivity index (χ4n) is 2.97. The average molecular weight is 295 g/mol. The molecule has 0 aromatic carbocycles. The van der Waals surface area contributed by atoms with E-state index in [2.05, 4.69) is 11.9 Å². The summed E-state index contributed by atoms with van der Waals surface area (Å²) in [5, 5.41) is 0.936. The minimum Gasteiger partial charge on any atom is -0.370 e. The molecule has 0 amide bonds. The number of hydrogen-bond donors (Lipinski definition) is 0. The van der Waals surface area contributed by atoms with Gasteiger partial charge in [-0.05, 0) is 39.5 Å².